The van der Waals surface area contributed by atoms with Crippen LogP contribution in [-0.2, 0) is 9.59 Å². The summed E-state index contributed by atoms with van der Waals surface area (Å²) in [5.74, 6) is -1.79. The zero-order chi connectivity index (χ0) is 19.3. The highest BCUT2D eigenvalue weighted by Crippen LogP contribution is 2.24. The van der Waals surface area contributed by atoms with Gasteiger partial charge in [-0.15, -0.1) is 0 Å². The van der Waals surface area contributed by atoms with E-state index in [9.17, 15) is 18.8 Å². The molecule has 0 saturated carbocycles. The molecule has 0 bridgehead atoms. The summed E-state index contributed by atoms with van der Waals surface area (Å²) in [5, 5.41) is 5.21. The molecule has 8 heteroatoms. The molecule has 0 aliphatic carbocycles. The molecule has 1 unspecified atom stereocenters. The first-order valence-corrected chi connectivity index (χ1v) is 9.03. The van der Waals surface area contributed by atoms with Gasteiger partial charge in [-0.25, -0.2) is 9.18 Å². The van der Waals surface area contributed by atoms with Gasteiger partial charge in [0.1, 0.15) is 17.9 Å². The third-order valence-electron chi connectivity index (χ3n) is 4.38. The van der Waals surface area contributed by atoms with E-state index in [1.807, 2.05) is 0 Å². The van der Waals surface area contributed by atoms with Gasteiger partial charge >= 0.3 is 6.03 Å². The van der Waals surface area contributed by atoms with Crippen molar-refractivity contribution < 1.29 is 18.8 Å². The lowest BCUT2D eigenvalue weighted by molar-refractivity contribution is -0.133. The smallest absolute Gasteiger partial charge is 0.323 e. The number of amides is 4. The van der Waals surface area contributed by atoms with Crippen LogP contribution >= 0.6 is 11.6 Å². The number of benzene rings is 1. The van der Waals surface area contributed by atoms with Crippen LogP contribution in [-0.4, -0.2) is 34.8 Å². The molecule has 1 aromatic carbocycles. The topological polar surface area (TPSA) is 78.5 Å². The van der Waals surface area contributed by atoms with Gasteiger partial charge in [-0.2, -0.15) is 0 Å². The number of nitrogens with zero attached hydrogens (tertiary/aromatic N) is 1. The Balaban J connectivity index is 1.97. The lowest BCUT2D eigenvalue weighted by atomic mass is 9.94. The summed E-state index contributed by atoms with van der Waals surface area (Å²) >= 11 is 5.66. The second-order valence-electron chi connectivity index (χ2n) is 6.64. The quantitative estimate of drug-likeness (QED) is 0.530. The standard InChI is InChI=1S/C18H23ClFN3O3/c1-3-4-5-6-9-18(2)16(25)23(17(26)22-18)11-15(24)21-14-8-7-12(19)10-13(14)20/h7-8,10H,3-6,9,11H2,1-2H3,(H,21,24)(H,22,26). The number of imide groups is 1. The second-order valence-corrected chi connectivity index (χ2v) is 7.07. The summed E-state index contributed by atoms with van der Waals surface area (Å²) in [5.41, 5.74) is -1.06. The van der Waals surface area contributed by atoms with Crippen LogP contribution in [0, 0.1) is 5.82 Å². The van der Waals surface area contributed by atoms with Crippen molar-refractivity contribution in [1.29, 1.82) is 0 Å². The van der Waals surface area contributed by atoms with Crippen molar-refractivity contribution in [2.24, 2.45) is 0 Å². The Kier molecular flexibility index (Phi) is 6.58. The Bertz CT molecular complexity index is 713. The van der Waals surface area contributed by atoms with E-state index in [-0.39, 0.29) is 10.7 Å². The third-order valence-corrected chi connectivity index (χ3v) is 4.62. The highest BCUT2D eigenvalue weighted by atomic mass is 35.5. The van der Waals surface area contributed by atoms with Crippen LogP contribution in [0.4, 0.5) is 14.9 Å². The van der Waals surface area contributed by atoms with E-state index in [4.69, 9.17) is 11.6 Å². The first-order valence-electron chi connectivity index (χ1n) is 8.66. The van der Waals surface area contributed by atoms with Gasteiger partial charge in [-0.1, -0.05) is 44.2 Å². The number of urea groups is 1. The molecule has 2 N–H and O–H groups in total. The molecule has 1 heterocycles. The summed E-state index contributed by atoms with van der Waals surface area (Å²) in [6, 6.07) is 3.21. The molecule has 1 fully saturated rings. The van der Waals surface area contributed by atoms with E-state index < -0.39 is 35.7 Å². The van der Waals surface area contributed by atoms with Crippen molar-refractivity contribution in [3.63, 3.8) is 0 Å². The third kappa shape index (κ3) is 4.72. The first-order chi connectivity index (χ1) is 12.3. The number of carbonyl (C=O) groups is 3. The number of nitrogens with one attached hydrogen (secondary N) is 2. The normalized spacial score (nSPS) is 19.6. The predicted molar refractivity (Wildman–Crippen MR) is 97.4 cm³/mol. The Hall–Kier alpha value is -2.15. The van der Waals surface area contributed by atoms with Gasteiger partial charge in [0.15, 0.2) is 0 Å². The lowest BCUT2D eigenvalue weighted by Gasteiger charge is -2.21. The van der Waals surface area contributed by atoms with Crippen LogP contribution in [0.3, 0.4) is 0 Å². The van der Waals surface area contributed by atoms with Gasteiger partial charge in [0.25, 0.3) is 5.91 Å². The Morgan fingerprint density at radius 2 is 2.04 bits per heavy atom. The first kappa shape index (κ1) is 20.2. The fraction of sp³-hybridized carbons (Fsp3) is 0.500. The van der Waals surface area contributed by atoms with Crippen molar-refractivity contribution >= 4 is 35.1 Å². The van der Waals surface area contributed by atoms with Crippen molar-refractivity contribution in [3.05, 3.63) is 29.0 Å². The van der Waals surface area contributed by atoms with E-state index >= 15 is 0 Å². The Labute approximate surface area is 157 Å². The maximum atomic E-state index is 13.7. The molecule has 6 nitrogen and oxygen atoms in total. The van der Waals surface area contributed by atoms with Gasteiger partial charge < -0.3 is 10.6 Å². The maximum Gasteiger partial charge on any atom is 0.325 e. The molecule has 142 valence electrons. The number of hydrogen-bond donors (Lipinski definition) is 2. The molecular formula is C18H23ClFN3O3. The average molecular weight is 384 g/mol. The van der Waals surface area contributed by atoms with Crippen LogP contribution in [0.1, 0.15) is 46.0 Å². The van der Waals surface area contributed by atoms with E-state index in [2.05, 4.69) is 17.6 Å². The van der Waals surface area contributed by atoms with Crippen molar-refractivity contribution in [1.82, 2.24) is 10.2 Å². The minimum Gasteiger partial charge on any atom is -0.323 e. The average Bonchev–Trinajstić information content (AvgIpc) is 2.78. The largest absolute Gasteiger partial charge is 0.325 e. The number of carbonyl (C=O) groups excluding carboxylic acids is 3. The fourth-order valence-corrected chi connectivity index (χ4v) is 3.05. The van der Waals surface area contributed by atoms with Crippen molar-refractivity contribution in [3.8, 4) is 0 Å². The zero-order valence-corrected chi connectivity index (χ0v) is 15.7. The second kappa shape index (κ2) is 8.49. The van der Waals surface area contributed by atoms with Gasteiger partial charge in [0.05, 0.1) is 5.69 Å². The minimum atomic E-state index is -1.00. The van der Waals surface area contributed by atoms with Crippen molar-refractivity contribution in [2.75, 3.05) is 11.9 Å². The van der Waals surface area contributed by atoms with E-state index in [0.717, 1.165) is 36.6 Å². The van der Waals surface area contributed by atoms with Crippen LogP contribution in [0.2, 0.25) is 5.02 Å². The van der Waals surface area contributed by atoms with Gasteiger partial charge in [-0.3, -0.25) is 14.5 Å². The molecule has 2 rings (SSSR count). The molecule has 0 aromatic heterocycles. The molecule has 1 atom stereocenters. The number of halogens is 2. The van der Waals surface area contributed by atoms with Crippen LogP contribution in [0.25, 0.3) is 0 Å². The minimum absolute atomic E-state index is 0.0613. The highest BCUT2D eigenvalue weighted by Gasteiger charge is 2.47. The van der Waals surface area contributed by atoms with Crippen LogP contribution in [0.15, 0.2) is 18.2 Å². The highest BCUT2D eigenvalue weighted by molar-refractivity contribution is 6.30. The fourth-order valence-electron chi connectivity index (χ4n) is 2.89. The molecule has 1 aliphatic heterocycles. The summed E-state index contributed by atoms with van der Waals surface area (Å²) in [6.07, 6.45) is 4.45. The summed E-state index contributed by atoms with van der Waals surface area (Å²) in [6.45, 7) is 3.28. The van der Waals surface area contributed by atoms with Gasteiger partial charge in [-0.05, 0) is 31.5 Å². The maximum absolute atomic E-state index is 13.7. The predicted octanol–water partition coefficient (Wildman–Crippen LogP) is 3.70. The zero-order valence-electron chi connectivity index (χ0n) is 14.9. The molecule has 1 aromatic rings. The monoisotopic (exact) mass is 383 g/mol. The van der Waals surface area contributed by atoms with Gasteiger partial charge in [0.2, 0.25) is 5.91 Å². The lowest BCUT2D eigenvalue weighted by Crippen LogP contribution is -2.44. The van der Waals surface area contributed by atoms with Crippen molar-refractivity contribution in [2.45, 2.75) is 51.5 Å². The number of anilines is 1. The molecule has 0 radical (unpaired) electrons. The van der Waals surface area contributed by atoms with E-state index in [0.29, 0.717) is 6.42 Å². The molecule has 1 aliphatic rings. The SMILES string of the molecule is CCCCCCC1(C)NC(=O)N(CC(=O)Nc2ccc(Cl)cc2F)C1=O. The molecule has 1 saturated heterocycles. The summed E-state index contributed by atoms with van der Waals surface area (Å²) in [7, 11) is 0. The number of rotatable bonds is 8. The summed E-state index contributed by atoms with van der Waals surface area (Å²) in [4.78, 5) is 37.7. The molecule has 26 heavy (non-hydrogen) atoms. The molecule has 0 spiro atoms. The number of hydrogen-bond acceptors (Lipinski definition) is 3. The molecule has 4 amide bonds. The number of unbranched alkanes of at least 4 members (excludes halogenated alkanes) is 3. The van der Waals surface area contributed by atoms with Crippen LogP contribution in [0.5, 0.6) is 0 Å². The van der Waals surface area contributed by atoms with E-state index in [1.165, 1.54) is 12.1 Å². The molecular weight excluding hydrogens is 361 g/mol. The van der Waals surface area contributed by atoms with Crippen LogP contribution < -0.4 is 10.6 Å². The Morgan fingerprint density at radius 3 is 2.69 bits per heavy atom. The van der Waals surface area contributed by atoms with E-state index in [1.54, 1.807) is 6.92 Å². The van der Waals surface area contributed by atoms with Gasteiger partial charge in [0, 0.05) is 5.02 Å². The Morgan fingerprint density at radius 1 is 1.31 bits per heavy atom. The summed E-state index contributed by atoms with van der Waals surface area (Å²) < 4.78 is 13.7.